The summed E-state index contributed by atoms with van der Waals surface area (Å²) < 4.78 is 48.0. The topological polar surface area (TPSA) is 57.4 Å². The van der Waals surface area contributed by atoms with Gasteiger partial charge in [-0.2, -0.15) is 23.7 Å². The molecule has 0 amide bonds. The first kappa shape index (κ1) is 42.4. The van der Waals surface area contributed by atoms with Crippen molar-refractivity contribution >= 4 is 43.6 Å². The highest BCUT2D eigenvalue weighted by atomic mass is 19.4. The van der Waals surface area contributed by atoms with Crippen LogP contribution >= 0.6 is 0 Å². The van der Waals surface area contributed by atoms with Gasteiger partial charge in [-0.15, -0.1) is 0 Å². The molecule has 0 aliphatic carbocycles. The van der Waals surface area contributed by atoms with Crippen molar-refractivity contribution in [2.24, 2.45) is 0 Å². The Morgan fingerprint density at radius 1 is 0.403 bits per heavy atom. The molecule has 0 fully saturated rings. The summed E-state index contributed by atoms with van der Waals surface area (Å²) in [6.45, 7) is 26.2. The summed E-state index contributed by atoms with van der Waals surface area (Å²) in [5.41, 5.74) is 8.46. The van der Waals surface area contributed by atoms with E-state index in [9.17, 15) is 23.7 Å². The molecule has 8 aromatic rings. The lowest BCUT2D eigenvalue weighted by atomic mass is 9.86. The molecule has 314 valence electrons. The van der Waals surface area contributed by atoms with Crippen molar-refractivity contribution < 1.29 is 13.2 Å². The van der Waals surface area contributed by atoms with Crippen molar-refractivity contribution in [1.82, 2.24) is 9.13 Å². The molecule has 0 aliphatic heterocycles. The summed E-state index contributed by atoms with van der Waals surface area (Å²) in [7, 11) is 0. The molecule has 8 rings (SSSR count). The number of hydrogen-bond donors (Lipinski definition) is 0. The molecule has 0 radical (unpaired) electrons. The van der Waals surface area contributed by atoms with Crippen molar-refractivity contribution in [1.29, 1.82) is 10.5 Å². The Kier molecular flexibility index (Phi) is 9.65. The lowest BCUT2D eigenvalue weighted by molar-refractivity contribution is -0.137. The average Bonchev–Trinajstić information content (AvgIpc) is 3.69. The Morgan fingerprint density at radius 2 is 0.758 bits per heavy atom. The lowest BCUT2D eigenvalue weighted by Crippen LogP contribution is -2.13. The van der Waals surface area contributed by atoms with Crippen molar-refractivity contribution in [3.63, 3.8) is 0 Å². The van der Waals surface area contributed by atoms with E-state index in [1.54, 1.807) is 0 Å². The molecule has 2 heterocycles. The minimum Gasteiger partial charge on any atom is -0.307 e. The highest BCUT2D eigenvalue weighted by molar-refractivity contribution is 6.12. The molecule has 0 spiro atoms. The van der Waals surface area contributed by atoms with E-state index in [1.165, 1.54) is 6.07 Å². The lowest BCUT2D eigenvalue weighted by Gasteiger charge is -2.23. The largest absolute Gasteiger partial charge is 0.416 e. The molecule has 62 heavy (non-hydrogen) atoms. The second-order valence-corrected chi connectivity index (χ2v) is 21.0. The van der Waals surface area contributed by atoms with Gasteiger partial charge in [0, 0.05) is 27.1 Å². The number of halogens is 3. The van der Waals surface area contributed by atoms with Crippen LogP contribution in [0.2, 0.25) is 0 Å². The Morgan fingerprint density at radius 3 is 1.06 bits per heavy atom. The highest BCUT2D eigenvalue weighted by Crippen LogP contribution is 2.45. The average molecular weight is 827 g/mol. The number of nitriles is 2. The van der Waals surface area contributed by atoms with Gasteiger partial charge in [-0.3, -0.25) is 0 Å². The van der Waals surface area contributed by atoms with Crippen LogP contribution in [-0.4, -0.2) is 9.13 Å². The second-order valence-electron chi connectivity index (χ2n) is 21.0. The van der Waals surface area contributed by atoms with Crippen molar-refractivity contribution in [3.05, 3.63) is 142 Å². The van der Waals surface area contributed by atoms with Gasteiger partial charge in [0.25, 0.3) is 0 Å². The van der Waals surface area contributed by atoms with Crippen LogP contribution in [0.25, 0.3) is 66.1 Å². The molecule has 0 saturated carbocycles. The number of benzene rings is 6. The van der Waals surface area contributed by atoms with Crippen LogP contribution < -0.4 is 0 Å². The van der Waals surface area contributed by atoms with Crippen LogP contribution in [0.1, 0.15) is 122 Å². The zero-order chi connectivity index (χ0) is 45.1. The Labute approximate surface area is 362 Å². The zero-order valence-electron chi connectivity index (χ0n) is 37.7. The predicted molar refractivity (Wildman–Crippen MR) is 250 cm³/mol. The Hall–Kier alpha value is -6.31. The zero-order valence-corrected chi connectivity index (χ0v) is 37.7. The maximum atomic E-state index is 14.5. The van der Waals surface area contributed by atoms with E-state index in [4.69, 9.17) is 0 Å². The molecule has 2 aromatic heterocycles. The standard InChI is InChI=1S/C55H53F3N4/c1-51(2,3)35-13-17-40-41-18-14-36(52(4,5)6)26-46(41)61(45(40)25-35)49-24-34(31-60)44(33-21-32(30-59)22-39(23-33)55(56,57)58)29-50(49)62-47-27-37(53(7,8)9)15-19-42(47)43-20-16-38(28-48(43)62)54(10,11)12/h13-29H,1-12H3. The first-order chi connectivity index (χ1) is 28.8. The van der Waals surface area contributed by atoms with E-state index in [-0.39, 0.29) is 38.4 Å². The third-order valence-electron chi connectivity index (χ3n) is 12.4. The van der Waals surface area contributed by atoms with E-state index in [0.717, 1.165) is 78.0 Å². The van der Waals surface area contributed by atoms with Gasteiger partial charge in [0.05, 0.1) is 62.3 Å². The molecule has 4 nitrogen and oxygen atoms in total. The fourth-order valence-corrected chi connectivity index (χ4v) is 8.70. The number of nitrogens with zero attached hydrogens (tertiary/aromatic N) is 4. The molecule has 0 atom stereocenters. The summed E-state index contributed by atoms with van der Waals surface area (Å²) in [5.74, 6) is 0. The number of alkyl halides is 3. The van der Waals surface area contributed by atoms with Gasteiger partial charge in [0.2, 0.25) is 0 Å². The molecular formula is C55H53F3N4. The van der Waals surface area contributed by atoms with Crippen molar-refractivity contribution in [2.75, 3.05) is 0 Å². The molecular weight excluding hydrogens is 774 g/mol. The normalized spacial score (nSPS) is 13.0. The number of aromatic nitrogens is 2. The van der Waals surface area contributed by atoms with E-state index in [1.807, 2.05) is 18.2 Å². The molecule has 0 aliphatic rings. The quantitative estimate of drug-likeness (QED) is 0.178. The van der Waals surface area contributed by atoms with E-state index in [2.05, 4.69) is 171 Å². The third-order valence-corrected chi connectivity index (χ3v) is 12.4. The van der Waals surface area contributed by atoms with Gasteiger partial charge in [0.1, 0.15) is 0 Å². The summed E-state index contributed by atoms with van der Waals surface area (Å²) in [4.78, 5) is 0. The first-order valence-electron chi connectivity index (χ1n) is 21.2. The summed E-state index contributed by atoms with van der Waals surface area (Å²) in [5, 5.41) is 25.2. The van der Waals surface area contributed by atoms with Crippen LogP contribution in [0.4, 0.5) is 13.2 Å². The molecule has 0 N–H and O–H groups in total. The fraction of sp³-hybridized carbons (Fsp3) is 0.309. The molecule has 7 heteroatoms. The minimum absolute atomic E-state index is 0.138. The summed E-state index contributed by atoms with van der Waals surface area (Å²) in [6.07, 6.45) is -4.71. The Bertz CT molecular complexity index is 3080. The van der Waals surface area contributed by atoms with E-state index in [0.29, 0.717) is 16.9 Å². The number of rotatable bonds is 3. The van der Waals surface area contributed by atoms with Gasteiger partial charge >= 0.3 is 6.18 Å². The van der Waals surface area contributed by atoms with Crippen LogP contribution in [0.5, 0.6) is 0 Å². The molecule has 0 unspecified atom stereocenters. The van der Waals surface area contributed by atoms with Crippen LogP contribution in [-0.2, 0) is 27.8 Å². The predicted octanol–water partition coefficient (Wildman–Crippen LogP) is 15.5. The fourth-order valence-electron chi connectivity index (χ4n) is 8.70. The van der Waals surface area contributed by atoms with E-state index < -0.39 is 11.7 Å². The van der Waals surface area contributed by atoms with Gasteiger partial charge in [-0.25, -0.2) is 0 Å². The highest BCUT2D eigenvalue weighted by Gasteiger charge is 2.32. The van der Waals surface area contributed by atoms with Crippen LogP contribution in [0, 0.1) is 22.7 Å². The minimum atomic E-state index is -4.71. The monoisotopic (exact) mass is 826 g/mol. The van der Waals surface area contributed by atoms with Crippen molar-refractivity contribution in [3.8, 4) is 34.6 Å². The second kappa shape index (κ2) is 14.1. The maximum absolute atomic E-state index is 14.5. The van der Waals surface area contributed by atoms with Gasteiger partial charge in [-0.1, -0.05) is 132 Å². The van der Waals surface area contributed by atoms with Crippen LogP contribution in [0.3, 0.4) is 0 Å². The SMILES string of the molecule is CC(C)(C)c1ccc2c3ccc(C(C)(C)C)cc3n(-c3cc(C#N)c(-c4cc(C#N)cc(C(F)(F)F)c4)cc3-n3c4cc(C(C)(C)C)ccc4c4ccc(C(C)(C)C)cc43)c2c1. The van der Waals surface area contributed by atoms with E-state index >= 15 is 0 Å². The smallest absolute Gasteiger partial charge is 0.307 e. The number of fused-ring (bicyclic) bond motifs is 6. The maximum Gasteiger partial charge on any atom is 0.416 e. The third kappa shape index (κ3) is 7.22. The summed E-state index contributed by atoms with van der Waals surface area (Å²) in [6, 6.07) is 37.7. The molecule has 0 saturated heterocycles. The van der Waals surface area contributed by atoms with Crippen molar-refractivity contribution in [2.45, 2.75) is 111 Å². The first-order valence-corrected chi connectivity index (χ1v) is 21.2. The Balaban J connectivity index is 1.65. The van der Waals surface area contributed by atoms with Crippen LogP contribution in [0.15, 0.2) is 103 Å². The molecule has 0 bridgehead atoms. The van der Waals surface area contributed by atoms with Gasteiger partial charge < -0.3 is 9.13 Å². The number of hydrogen-bond acceptors (Lipinski definition) is 2. The van der Waals surface area contributed by atoms with Gasteiger partial charge in [-0.05, 0) is 104 Å². The van der Waals surface area contributed by atoms with Gasteiger partial charge in [0.15, 0.2) is 0 Å². The summed E-state index contributed by atoms with van der Waals surface area (Å²) >= 11 is 0. The molecule has 6 aromatic carbocycles.